The summed E-state index contributed by atoms with van der Waals surface area (Å²) in [5.74, 6) is 1.46. The molecule has 0 spiro atoms. The van der Waals surface area contributed by atoms with Gasteiger partial charge in [0, 0.05) is 22.9 Å². The average Bonchev–Trinajstić information content (AvgIpc) is 2.44. The van der Waals surface area contributed by atoms with Crippen molar-refractivity contribution in [1.29, 1.82) is 0 Å². The van der Waals surface area contributed by atoms with Gasteiger partial charge in [0.25, 0.3) is 0 Å². The fourth-order valence-corrected chi connectivity index (χ4v) is 2.42. The molecule has 106 valence electrons. The Morgan fingerprint density at radius 3 is 2.65 bits per heavy atom. The summed E-state index contributed by atoms with van der Waals surface area (Å²) in [5, 5.41) is 9.64. The first-order valence-corrected chi connectivity index (χ1v) is 7.49. The number of ether oxygens (including phenoxy) is 1. The summed E-state index contributed by atoms with van der Waals surface area (Å²) in [6.07, 6.45) is 1.73. The predicted octanol–water partition coefficient (Wildman–Crippen LogP) is 3.52. The maximum Gasteiger partial charge on any atom is 0.214 e. The lowest BCUT2D eigenvalue weighted by molar-refractivity contribution is 0.0267. The van der Waals surface area contributed by atoms with Gasteiger partial charge >= 0.3 is 0 Å². The molecule has 1 heterocycles. The summed E-state index contributed by atoms with van der Waals surface area (Å²) in [6.45, 7) is 3.65. The molecule has 0 unspecified atom stereocenters. The van der Waals surface area contributed by atoms with Crippen molar-refractivity contribution < 1.29 is 9.84 Å². The number of hydrogen-bond acceptors (Lipinski definition) is 4. The third kappa shape index (κ3) is 5.23. The van der Waals surface area contributed by atoms with Gasteiger partial charge in [-0.1, -0.05) is 30.3 Å². The van der Waals surface area contributed by atoms with Crippen molar-refractivity contribution >= 4 is 11.8 Å². The van der Waals surface area contributed by atoms with E-state index >= 15 is 0 Å². The highest BCUT2D eigenvalue weighted by Crippen LogP contribution is 2.25. The lowest BCUT2D eigenvalue weighted by Crippen LogP contribution is -2.28. The Labute approximate surface area is 124 Å². The van der Waals surface area contributed by atoms with Gasteiger partial charge in [-0.25, -0.2) is 4.98 Å². The number of hydrogen-bond donors (Lipinski definition) is 1. The van der Waals surface area contributed by atoms with Crippen LogP contribution in [0.3, 0.4) is 0 Å². The minimum Gasteiger partial charge on any atom is -0.475 e. The van der Waals surface area contributed by atoms with Crippen LogP contribution in [0.4, 0.5) is 0 Å². The van der Waals surface area contributed by atoms with Crippen LogP contribution in [0.25, 0.3) is 0 Å². The largest absolute Gasteiger partial charge is 0.475 e. The number of pyridine rings is 1. The topological polar surface area (TPSA) is 42.4 Å². The van der Waals surface area contributed by atoms with E-state index in [1.807, 2.05) is 30.3 Å². The maximum atomic E-state index is 9.64. The minimum absolute atomic E-state index is 0.229. The molecule has 0 amide bonds. The first-order chi connectivity index (χ1) is 9.53. The zero-order valence-corrected chi connectivity index (χ0v) is 12.6. The predicted molar refractivity (Wildman–Crippen MR) is 82.0 cm³/mol. The Balaban J connectivity index is 1.92. The summed E-state index contributed by atoms with van der Waals surface area (Å²) >= 11 is 1.74. The van der Waals surface area contributed by atoms with Gasteiger partial charge in [-0.3, -0.25) is 0 Å². The van der Waals surface area contributed by atoms with Crippen LogP contribution in [-0.2, 0) is 5.75 Å². The third-order valence-electron chi connectivity index (χ3n) is 2.53. The number of aliphatic hydroxyl groups is 1. The molecule has 1 N–H and O–H groups in total. The molecule has 3 nitrogen and oxygen atoms in total. The highest BCUT2D eigenvalue weighted by atomic mass is 32.2. The number of nitrogens with zero attached hydrogens (tertiary/aromatic N) is 1. The van der Waals surface area contributed by atoms with Crippen molar-refractivity contribution in [1.82, 2.24) is 4.98 Å². The highest BCUT2D eigenvalue weighted by Gasteiger charge is 2.13. The SMILES string of the molecule is CC(C)(O)COc1cc(SCc2ccccc2)ccn1. The third-order valence-corrected chi connectivity index (χ3v) is 3.59. The van der Waals surface area contributed by atoms with E-state index in [0.717, 1.165) is 10.6 Å². The molecule has 2 rings (SSSR count). The summed E-state index contributed by atoms with van der Waals surface area (Å²) in [5.41, 5.74) is 0.433. The molecule has 0 saturated carbocycles. The maximum absolute atomic E-state index is 9.64. The van der Waals surface area contributed by atoms with Crippen LogP contribution in [0.5, 0.6) is 5.88 Å². The van der Waals surface area contributed by atoms with E-state index in [1.54, 1.807) is 31.8 Å². The van der Waals surface area contributed by atoms with Gasteiger partial charge in [0.15, 0.2) is 0 Å². The van der Waals surface area contributed by atoms with Crippen LogP contribution in [-0.4, -0.2) is 22.3 Å². The second-order valence-electron chi connectivity index (χ2n) is 5.21. The molecule has 0 aliphatic rings. The minimum atomic E-state index is -0.852. The molecule has 20 heavy (non-hydrogen) atoms. The lowest BCUT2D eigenvalue weighted by Gasteiger charge is -2.17. The van der Waals surface area contributed by atoms with Crippen molar-refractivity contribution in [3.05, 3.63) is 54.2 Å². The lowest BCUT2D eigenvalue weighted by atomic mass is 10.2. The molecule has 0 saturated heterocycles. The van der Waals surface area contributed by atoms with E-state index in [-0.39, 0.29) is 6.61 Å². The molecule has 0 aliphatic carbocycles. The Hall–Kier alpha value is -1.52. The first-order valence-electron chi connectivity index (χ1n) is 6.51. The van der Waals surface area contributed by atoms with Gasteiger partial charge < -0.3 is 9.84 Å². The van der Waals surface area contributed by atoms with Crippen LogP contribution in [0.15, 0.2) is 53.6 Å². The van der Waals surface area contributed by atoms with E-state index < -0.39 is 5.60 Å². The van der Waals surface area contributed by atoms with Gasteiger partial charge in [-0.2, -0.15) is 0 Å². The summed E-state index contributed by atoms with van der Waals surface area (Å²) in [6, 6.07) is 14.2. The first kappa shape index (κ1) is 14.9. The Kier molecular flexibility index (Phi) is 5.04. The molecular weight excluding hydrogens is 270 g/mol. The normalized spacial score (nSPS) is 11.3. The van der Waals surface area contributed by atoms with E-state index in [1.165, 1.54) is 5.56 Å². The number of rotatable bonds is 6. The van der Waals surface area contributed by atoms with E-state index in [2.05, 4.69) is 17.1 Å². The fourth-order valence-electron chi connectivity index (χ4n) is 1.55. The van der Waals surface area contributed by atoms with E-state index in [4.69, 9.17) is 4.74 Å². The summed E-state index contributed by atoms with van der Waals surface area (Å²) in [7, 11) is 0. The number of aromatic nitrogens is 1. The molecule has 0 radical (unpaired) electrons. The van der Waals surface area contributed by atoms with Crippen molar-refractivity contribution in [2.24, 2.45) is 0 Å². The standard InChI is InChI=1S/C16H19NO2S/c1-16(2,18)12-19-15-10-14(8-9-17-15)20-11-13-6-4-3-5-7-13/h3-10,18H,11-12H2,1-2H3. The molecule has 0 atom stereocenters. The zero-order chi connectivity index (χ0) is 14.4. The number of thioether (sulfide) groups is 1. The van der Waals surface area contributed by atoms with Crippen molar-refractivity contribution in [3.63, 3.8) is 0 Å². The van der Waals surface area contributed by atoms with Crippen molar-refractivity contribution in [3.8, 4) is 5.88 Å². The molecule has 0 aliphatic heterocycles. The molecular formula is C16H19NO2S. The smallest absolute Gasteiger partial charge is 0.214 e. The monoisotopic (exact) mass is 289 g/mol. The van der Waals surface area contributed by atoms with Crippen LogP contribution >= 0.6 is 11.8 Å². The zero-order valence-electron chi connectivity index (χ0n) is 11.7. The summed E-state index contributed by atoms with van der Waals surface area (Å²) < 4.78 is 5.49. The van der Waals surface area contributed by atoms with Crippen LogP contribution in [0.2, 0.25) is 0 Å². The van der Waals surface area contributed by atoms with Crippen molar-refractivity contribution in [2.75, 3.05) is 6.61 Å². The van der Waals surface area contributed by atoms with Gasteiger partial charge in [0.1, 0.15) is 6.61 Å². The van der Waals surface area contributed by atoms with Crippen LogP contribution in [0, 0.1) is 0 Å². The second kappa shape index (κ2) is 6.77. The van der Waals surface area contributed by atoms with E-state index in [9.17, 15) is 5.11 Å². The highest BCUT2D eigenvalue weighted by molar-refractivity contribution is 7.98. The Bertz CT molecular complexity index is 538. The quantitative estimate of drug-likeness (QED) is 0.826. The van der Waals surface area contributed by atoms with E-state index in [0.29, 0.717) is 5.88 Å². The van der Waals surface area contributed by atoms with Crippen LogP contribution in [0.1, 0.15) is 19.4 Å². The molecule has 0 bridgehead atoms. The Morgan fingerprint density at radius 2 is 1.95 bits per heavy atom. The molecule has 2 aromatic rings. The molecule has 4 heteroatoms. The van der Waals surface area contributed by atoms with Gasteiger partial charge in [-0.05, 0) is 25.5 Å². The van der Waals surface area contributed by atoms with Gasteiger partial charge in [0.05, 0.1) is 5.60 Å². The molecule has 0 fully saturated rings. The average molecular weight is 289 g/mol. The second-order valence-corrected chi connectivity index (χ2v) is 6.25. The fraction of sp³-hybridized carbons (Fsp3) is 0.312. The Morgan fingerprint density at radius 1 is 1.20 bits per heavy atom. The van der Waals surface area contributed by atoms with Gasteiger partial charge in [0.2, 0.25) is 5.88 Å². The van der Waals surface area contributed by atoms with Gasteiger partial charge in [-0.15, -0.1) is 11.8 Å². The van der Waals surface area contributed by atoms with Crippen LogP contribution < -0.4 is 4.74 Å². The molecule has 1 aromatic heterocycles. The molecule has 1 aromatic carbocycles. The summed E-state index contributed by atoms with van der Waals surface area (Å²) in [4.78, 5) is 5.26. The number of benzene rings is 1. The van der Waals surface area contributed by atoms with Crippen molar-refractivity contribution in [2.45, 2.75) is 30.1 Å².